The molecular formula is C22H23N3O3S. The molecule has 0 fully saturated rings. The number of carbonyl (C=O) groups excluding carboxylic acids is 1. The molecule has 6 nitrogen and oxygen atoms in total. The fourth-order valence-corrected chi connectivity index (χ4v) is 4.18. The second-order valence-electron chi connectivity index (χ2n) is 6.71. The summed E-state index contributed by atoms with van der Waals surface area (Å²) in [4.78, 5) is 16.7. The number of amides is 1. The van der Waals surface area contributed by atoms with E-state index in [-0.39, 0.29) is 30.4 Å². The Morgan fingerprint density at radius 1 is 0.966 bits per heavy atom. The highest BCUT2D eigenvalue weighted by Gasteiger charge is 2.26. The maximum Gasteiger partial charge on any atom is 0.243 e. The SMILES string of the molecule is Cc1ccc(S(=O)(=O)N(CC(=O)NCc2cccnc2)Cc2ccccc2)cc1. The zero-order chi connectivity index (χ0) is 20.7. The minimum Gasteiger partial charge on any atom is -0.351 e. The lowest BCUT2D eigenvalue weighted by molar-refractivity contribution is -0.121. The van der Waals surface area contributed by atoms with Gasteiger partial charge in [-0.3, -0.25) is 9.78 Å². The molecule has 29 heavy (non-hydrogen) atoms. The first-order valence-electron chi connectivity index (χ1n) is 9.21. The predicted octanol–water partition coefficient (Wildman–Crippen LogP) is 2.90. The number of rotatable bonds is 8. The molecule has 0 aliphatic heterocycles. The monoisotopic (exact) mass is 409 g/mol. The Labute approximate surface area is 171 Å². The van der Waals surface area contributed by atoms with Crippen LogP contribution in [-0.4, -0.2) is 30.2 Å². The molecule has 0 bridgehead atoms. The Hall–Kier alpha value is -3.03. The van der Waals surface area contributed by atoms with E-state index in [1.807, 2.05) is 43.3 Å². The number of aromatic nitrogens is 1. The second-order valence-corrected chi connectivity index (χ2v) is 8.65. The summed E-state index contributed by atoms with van der Waals surface area (Å²) in [6.07, 6.45) is 3.31. The van der Waals surface area contributed by atoms with Crippen molar-refractivity contribution in [1.82, 2.24) is 14.6 Å². The van der Waals surface area contributed by atoms with Crippen molar-refractivity contribution in [2.24, 2.45) is 0 Å². The molecule has 7 heteroatoms. The van der Waals surface area contributed by atoms with Crippen molar-refractivity contribution in [1.29, 1.82) is 0 Å². The van der Waals surface area contributed by atoms with E-state index in [0.29, 0.717) is 0 Å². The van der Waals surface area contributed by atoms with E-state index in [4.69, 9.17) is 0 Å². The lowest BCUT2D eigenvalue weighted by Gasteiger charge is -2.22. The summed E-state index contributed by atoms with van der Waals surface area (Å²) < 4.78 is 27.6. The van der Waals surface area contributed by atoms with Gasteiger partial charge in [0, 0.05) is 25.5 Å². The molecule has 0 spiro atoms. The average molecular weight is 410 g/mol. The summed E-state index contributed by atoms with van der Waals surface area (Å²) in [7, 11) is -3.83. The Balaban J connectivity index is 1.78. The molecule has 1 N–H and O–H groups in total. The molecule has 1 amide bonds. The third kappa shape index (κ3) is 5.73. The Morgan fingerprint density at radius 3 is 2.31 bits per heavy atom. The lowest BCUT2D eigenvalue weighted by atomic mass is 10.2. The van der Waals surface area contributed by atoms with Gasteiger partial charge in [-0.15, -0.1) is 0 Å². The number of nitrogens with zero attached hydrogens (tertiary/aromatic N) is 2. The van der Waals surface area contributed by atoms with Crippen molar-refractivity contribution in [3.05, 3.63) is 95.8 Å². The fourth-order valence-electron chi connectivity index (χ4n) is 2.79. The van der Waals surface area contributed by atoms with Gasteiger partial charge in [0.25, 0.3) is 0 Å². The van der Waals surface area contributed by atoms with Crippen LogP contribution in [0.4, 0.5) is 0 Å². The molecule has 0 saturated carbocycles. The van der Waals surface area contributed by atoms with Crippen LogP contribution in [0.5, 0.6) is 0 Å². The Morgan fingerprint density at radius 2 is 1.66 bits per heavy atom. The van der Waals surface area contributed by atoms with E-state index in [0.717, 1.165) is 16.7 Å². The summed E-state index contributed by atoms with van der Waals surface area (Å²) in [5.41, 5.74) is 2.62. The van der Waals surface area contributed by atoms with Gasteiger partial charge in [-0.25, -0.2) is 8.42 Å². The molecule has 0 atom stereocenters. The van der Waals surface area contributed by atoms with Crippen molar-refractivity contribution in [2.45, 2.75) is 24.9 Å². The van der Waals surface area contributed by atoms with Crippen LogP contribution >= 0.6 is 0 Å². The van der Waals surface area contributed by atoms with Gasteiger partial charge in [0.15, 0.2) is 0 Å². The zero-order valence-electron chi connectivity index (χ0n) is 16.2. The van der Waals surface area contributed by atoms with Crippen molar-refractivity contribution in [3.8, 4) is 0 Å². The van der Waals surface area contributed by atoms with Crippen LogP contribution in [0.15, 0.2) is 84.0 Å². The quantitative estimate of drug-likeness (QED) is 0.620. The number of sulfonamides is 1. The number of carbonyl (C=O) groups is 1. The largest absolute Gasteiger partial charge is 0.351 e. The first-order valence-corrected chi connectivity index (χ1v) is 10.7. The van der Waals surface area contributed by atoms with Crippen molar-refractivity contribution in [2.75, 3.05) is 6.54 Å². The average Bonchev–Trinajstić information content (AvgIpc) is 2.73. The van der Waals surface area contributed by atoms with Crippen LogP contribution in [0.2, 0.25) is 0 Å². The minimum absolute atomic E-state index is 0.108. The topological polar surface area (TPSA) is 79.4 Å². The van der Waals surface area contributed by atoms with E-state index >= 15 is 0 Å². The minimum atomic E-state index is -3.83. The molecule has 3 rings (SSSR count). The first kappa shape index (κ1) is 20.7. The summed E-state index contributed by atoms with van der Waals surface area (Å²) in [5.74, 6) is -0.375. The highest BCUT2D eigenvalue weighted by molar-refractivity contribution is 7.89. The smallest absolute Gasteiger partial charge is 0.243 e. The molecule has 0 saturated heterocycles. The van der Waals surface area contributed by atoms with E-state index in [9.17, 15) is 13.2 Å². The van der Waals surface area contributed by atoms with Gasteiger partial charge >= 0.3 is 0 Å². The number of pyridine rings is 1. The van der Waals surface area contributed by atoms with Gasteiger partial charge in [0.2, 0.25) is 15.9 Å². The molecule has 0 radical (unpaired) electrons. The van der Waals surface area contributed by atoms with Gasteiger partial charge < -0.3 is 5.32 Å². The number of hydrogen-bond donors (Lipinski definition) is 1. The third-order valence-electron chi connectivity index (χ3n) is 4.39. The van der Waals surface area contributed by atoms with Crippen LogP contribution in [0.3, 0.4) is 0 Å². The first-order chi connectivity index (χ1) is 13.9. The van der Waals surface area contributed by atoms with E-state index in [1.54, 1.807) is 42.7 Å². The third-order valence-corrected chi connectivity index (χ3v) is 6.20. The maximum atomic E-state index is 13.2. The number of aryl methyl sites for hydroxylation is 1. The molecule has 0 aliphatic carbocycles. The highest BCUT2D eigenvalue weighted by Crippen LogP contribution is 2.19. The van der Waals surface area contributed by atoms with Gasteiger partial charge in [-0.05, 0) is 36.2 Å². The van der Waals surface area contributed by atoms with E-state index < -0.39 is 10.0 Å². The Kier molecular flexibility index (Phi) is 6.74. The molecule has 0 aliphatic rings. The van der Waals surface area contributed by atoms with Crippen LogP contribution in [0, 0.1) is 6.92 Å². The summed E-state index contributed by atoms with van der Waals surface area (Å²) >= 11 is 0. The van der Waals surface area contributed by atoms with Crippen molar-refractivity contribution < 1.29 is 13.2 Å². The molecule has 1 aromatic heterocycles. The van der Waals surface area contributed by atoms with E-state index in [2.05, 4.69) is 10.3 Å². The molecule has 1 heterocycles. The molecule has 150 valence electrons. The lowest BCUT2D eigenvalue weighted by Crippen LogP contribution is -2.40. The summed E-state index contributed by atoms with van der Waals surface area (Å²) in [6.45, 7) is 2.02. The Bertz CT molecular complexity index is 1040. The van der Waals surface area contributed by atoms with Crippen molar-refractivity contribution >= 4 is 15.9 Å². The van der Waals surface area contributed by atoms with Gasteiger partial charge in [-0.1, -0.05) is 54.1 Å². The highest BCUT2D eigenvalue weighted by atomic mass is 32.2. The van der Waals surface area contributed by atoms with Gasteiger partial charge in [0.05, 0.1) is 11.4 Å². The van der Waals surface area contributed by atoms with Gasteiger partial charge in [-0.2, -0.15) is 4.31 Å². The van der Waals surface area contributed by atoms with Crippen LogP contribution < -0.4 is 5.32 Å². The maximum absolute atomic E-state index is 13.2. The van der Waals surface area contributed by atoms with E-state index in [1.165, 1.54) is 4.31 Å². The van der Waals surface area contributed by atoms with Crippen molar-refractivity contribution in [3.63, 3.8) is 0 Å². The van der Waals surface area contributed by atoms with Gasteiger partial charge in [0.1, 0.15) is 0 Å². The zero-order valence-corrected chi connectivity index (χ0v) is 17.0. The normalized spacial score (nSPS) is 11.4. The van der Waals surface area contributed by atoms with Crippen LogP contribution in [-0.2, 0) is 27.9 Å². The predicted molar refractivity (Wildman–Crippen MR) is 111 cm³/mol. The molecule has 3 aromatic rings. The van der Waals surface area contributed by atoms with Crippen LogP contribution in [0.1, 0.15) is 16.7 Å². The molecule has 2 aromatic carbocycles. The number of nitrogens with one attached hydrogen (secondary N) is 1. The number of hydrogen-bond acceptors (Lipinski definition) is 4. The fraction of sp³-hybridized carbons (Fsp3) is 0.182. The molecule has 0 unspecified atom stereocenters. The second kappa shape index (κ2) is 9.45. The summed E-state index contributed by atoms with van der Waals surface area (Å²) in [6, 6.07) is 19.5. The van der Waals surface area contributed by atoms with Crippen LogP contribution in [0.25, 0.3) is 0 Å². The standard InChI is InChI=1S/C22H23N3O3S/c1-18-9-11-21(12-10-18)29(27,28)25(16-19-6-3-2-4-7-19)17-22(26)24-15-20-8-5-13-23-14-20/h2-14H,15-17H2,1H3,(H,24,26). The molecular weight excluding hydrogens is 386 g/mol. The summed E-state index contributed by atoms with van der Waals surface area (Å²) in [5, 5.41) is 2.76. The number of benzene rings is 2.